The molecule has 1 heterocycles. The number of aromatic nitrogens is 2. The van der Waals surface area contributed by atoms with Crippen LogP contribution in [0.25, 0.3) is 0 Å². The highest BCUT2D eigenvalue weighted by Crippen LogP contribution is 2.05. The van der Waals surface area contributed by atoms with E-state index in [4.69, 9.17) is 0 Å². The van der Waals surface area contributed by atoms with Gasteiger partial charge in [0.2, 0.25) is 0 Å². The van der Waals surface area contributed by atoms with Gasteiger partial charge in [0, 0.05) is 12.2 Å². The van der Waals surface area contributed by atoms with Crippen molar-refractivity contribution in [3.8, 4) is 0 Å². The molecule has 90 valence electrons. The van der Waals surface area contributed by atoms with Crippen LogP contribution in [0.4, 0.5) is 0 Å². The molecule has 0 aliphatic rings. The van der Waals surface area contributed by atoms with Gasteiger partial charge >= 0.3 is 0 Å². The fourth-order valence-corrected chi connectivity index (χ4v) is 1.51. The predicted octanol–water partition coefficient (Wildman–Crippen LogP) is 0.855. The van der Waals surface area contributed by atoms with Crippen LogP contribution in [0.1, 0.15) is 36.3 Å². The van der Waals surface area contributed by atoms with Crippen LogP contribution in [-0.4, -0.2) is 33.9 Å². The Kier molecular flexibility index (Phi) is 4.49. The zero-order valence-electron chi connectivity index (χ0n) is 9.95. The van der Waals surface area contributed by atoms with E-state index in [9.17, 15) is 9.90 Å². The third kappa shape index (κ3) is 3.66. The monoisotopic (exact) mass is 225 g/mol. The molecule has 1 aromatic rings. The van der Waals surface area contributed by atoms with Crippen molar-refractivity contribution in [2.24, 2.45) is 5.92 Å². The molecule has 1 atom stereocenters. The van der Waals surface area contributed by atoms with Crippen molar-refractivity contribution in [1.29, 1.82) is 0 Å². The Morgan fingerprint density at radius 3 is 2.81 bits per heavy atom. The molecule has 0 aliphatic carbocycles. The number of aryl methyl sites for hydroxylation is 1. The minimum Gasteiger partial charge on any atom is -0.391 e. The fraction of sp³-hybridized carbons (Fsp3) is 0.636. The third-order valence-electron chi connectivity index (χ3n) is 2.32. The molecule has 5 heteroatoms. The Morgan fingerprint density at radius 2 is 2.31 bits per heavy atom. The molecule has 0 radical (unpaired) electrons. The highest BCUT2D eigenvalue weighted by molar-refractivity contribution is 5.94. The SMILES string of the molecule is Cc1[nH]ncc1C(=O)NCC(O)CC(C)C. The number of nitrogens with one attached hydrogen (secondary N) is 2. The van der Waals surface area contributed by atoms with Gasteiger partial charge in [-0.15, -0.1) is 0 Å². The Balaban J connectivity index is 2.39. The highest BCUT2D eigenvalue weighted by atomic mass is 16.3. The van der Waals surface area contributed by atoms with Gasteiger partial charge in [-0.05, 0) is 19.3 Å². The summed E-state index contributed by atoms with van der Waals surface area (Å²) in [4.78, 5) is 11.6. The first kappa shape index (κ1) is 12.7. The standard InChI is InChI=1S/C11H19N3O2/c1-7(2)4-9(15)5-12-11(16)10-6-13-14-8(10)3/h6-7,9,15H,4-5H2,1-3H3,(H,12,16)(H,13,14). The number of carbonyl (C=O) groups excluding carboxylic acids is 1. The third-order valence-corrected chi connectivity index (χ3v) is 2.32. The highest BCUT2D eigenvalue weighted by Gasteiger charge is 2.13. The lowest BCUT2D eigenvalue weighted by atomic mass is 10.1. The van der Waals surface area contributed by atoms with Gasteiger partial charge in [0.15, 0.2) is 0 Å². The summed E-state index contributed by atoms with van der Waals surface area (Å²) in [6, 6.07) is 0. The Hall–Kier alpha value is -1.36. The number of aromatic amines is 1. The second-order valence-corrected chi connectivity index (χ2v) is 4.40. The molecular weight excluding hydrogens is 206 g/mol. The maximum absolute atomic E-state index is 11.6. The molecule has 0 saturated heterocycles. The van der Waals surface area contributed by atoms with E-state index in [0.717, 1.165) is 5.69 Å². The molecule has 0 fully saturated rings. The predicted molar refractivity (Wildman–Crippen MR) is 61.1 cm³/mol. The van der Waals surface area contributed by atoms with Gasteiger partial charge in [0.1, 0.15) is 0 Å². The van der Waals surface area contributed by atoms with Crippen LogP contribution in [0.2, 0.25) is 0 Å². The summed E-state index contributed by atoms with van der Waals surface area (Å²) < 4.78 is 0. The average Bonchev–Trinajstić information content (AvgIpc) is 2.60. The van der Waals surface area contributed by atoms with E-state index in [0.29, 0.717) is 17.9 Å². The van der Waals surface area contributed by atoms with Crippen molar-refractivity contribution in [2.45, 2.75) is 33.3 Å². The molecule has 1 amide bonds. The summed E-state index contributed by atoms with van der Waals surface area (Å²) in [5.41, 5.74) is 1.26. The van der Waals surface area contributed by atoms with Gasteiger partial charge in [0.25, 0.3) is 5.91 Å². The number of hydrogen-bond donors (Lipinski definition) is 3. The van der Waals surface area contributed by atoms with Crippen molar-refractivity contribution in [3.05, 3.63) is 17.5 Å². The van der Waals surface area contributed by atoms with Gasteiger partial charge < -0.3 is 10.4 Å². The van der Waals surface area contributed by atoms with Crippen molar-refractivity contribution < 1.29 is 9.90 Å². The number of hydrogen-bond acceptors (Lipinski definition) is 3. The van der Waals surface area contributed by atoms with Crippen LogP contribution in [0, 0.1) is 12.8 Å². The Morgan fingerprint density at radius 1 is 1.62 bits per heavy atom. The molecule has 0 aromatic carbocycles. The van der Waals surface area contributed by atoms with Gasteiger partial charge in [-0.25, -0.2) is 0 Å². The van der Waals surface area contributed by atoms with Crippen LogP contribution in [0.15, 0.2) is 6.20 Å². The zero-order chi connectivity index (χ0) is 12.1. The Labute approximate surface area is 95.3 Å². The van der Waals surface area contributed by atoms with Crippen molar-refractivity contribution in [2.75, 3.05) is 6.54 Å². The van der Waals surface area contributed by atoms with Gasteiger partial charge in [-0.3, -0.25) is 9.89 Å². The Bertz CT molecular complexity index is 347. The second kappa shape index (κ2) is 5.65. The summed E-state index contributed by atoms with van der Waals surface area (Å²) in [5.74, 6) is 0.219. The van der Waals surface area contributed by atoms with Gasteiger partial charge in [0.05, 0.1) is 17.9 Å². The van der Waals surface area contributed by atoms with E-state index in [-0.39, 0.29) is 12.5 Å². The van der Waals surface area contributed by atoms with E-state index in [1.807, 2.05) is 13.8 Å². The number of amides is 1. The molecule has 0 spiro atoms. The largest absolute Gasteiger partial charge is 0.391 e. The van der Waals surface area contributed by atoms with Gasteiger partial charge in [-0.1, -0.05) is 13.8 Å². The molecule has 1 unspecified atom stereocenters. The van der Waals surface area contributed by atoms with Crippen LogP contribution in [0.3, 0.4) is 0 Å². The van der Waals surface area contributed by atoms with Crippen molar-refractivity contribution in [3.63, 3.8) is 0 Å². The second-order valence-electron chi connectivity index (χ2n) is 4.40. The van der Waals surface area contributed by atoms with Crippen molar-refractivity contribution in [1.82, 2.24) is 15.5 Å². The lowest BCUT2D eigenvalue weighted by Crippen LogP contribution is -2.32. The normalized spacial score (nSPS) is 12.8. The molecule has 1 rings (SSSR count). The molecule has 1 aromatic heterocycles. The molecule has 5 nitrogen and oxygen atoms in total. The first-order chi connectivity index (χ1) is 7.50. The molecule has 0 bridgehead atoms. The summed E-state index contributed by atoms with van der Waals surface area (Å²) in [6.07, 6.45) is 1.68. The molecule has 16 heavy (non-hydrogen) atoms. The maximum atomic E-state index is 11.6. The first-order valence-electron chi connectivity index (χ1n) is 5.47. The zero-order valence-corrected chi connectivity index (χ0v) is 9.95. The van der Waals surface area contributed by atoms with E-state index in [1.54, 1.807) is 6.92 Å². The van der Waals surface area contributed by atoms with E-state index in [2.05, 4.69) is 15.5 Å². The number of aliphatic hydroxyl groups is 1. The smallest absolute Gasteiger partial charge is 0.254 e. The number of H-pyrrole nitrogens is 1. The van der Waals surface area contributed by atoms with Gasteiger partial charge in [-0.2, -0.15) is 5.10 Å². The van der Waals surface area contributed by atoms with Crippen LogP contribution < -0.4 is 5.32 Å². The quantitative estimate of drug-likeness (QED) is 0.695. The van der Waals surface area contributed by atoms with E-state index >= 15 is 0 Å². The topological polar surface area (TPSA) is 78.0 Å². The first-order valence-corrected chi connectivity index (χ1v) is 5.47. The average molecular weight is 225 g/mol. The summed E-state index contributed by atoms with van der Waals surface area (Å²) in [7, 11) is 0. The molecule has 0 saturated carbocycles. The van der Waals surface area contributed by atoms with E-state index in [1.165, 1.54) is 6.20 Å². The lowest BCUT2D eigenvalue weighted by Gasteiger charge is -2.13. The number of aliphatic hydroxyl groups excluding tert-OH is 1. The molecule has 3 N–H and O–H groups in total. The minimum atomic E-state index is -0.490. The lowest BCUT2D eigenvalue weighted by molar-refractivity contribution is 0.0899. The van der Waals surface area contributed by atoms with E-state index < -0.39 is 6.10 Å². The van der Waals surface area contributed by atoms with Crippen molar-refractivity contribution >= 4 is 5.91 Å². The fourth-order valence-electron chi connectivity index (χ4n) is 1.51. The maximum Gasteiger partial charge on any atom is 0.254 e. The summed E-state index contributed by atoms with van der Waals surface area (Å²) in [5, 5.41) is 18.7. The molecule has 0 aliphatic heterocycles. The van der Waals surface area contributed by atoms with Crippen LogP contribution >= 0.6 is 0 Å². The van der Waals surface area contributed by atoms with Crippen LogP contribution in [-0.2, 0) is 0 Å². The number of rotatable bonds is 5. The number of carbonyl (C=O) groups is 1. The van der Waals surface area contributed by atoms with Crippen LogP contribution in [0.5, 0.6) is 0 Å². The molecular formula is C11H19N3O2. The summed E-state index contributed by atoms with van der Waals surface area (Å²) >= 11 is 0. The summed E-state index contributed by atoms with van der Waals surface area (Å²) in [6.45, 7) is 6.13. The number of nitrogens with zero attached hydrogens (tertiary/aromatic N) is 1. The minimum absolute atomic E-state index is 0.200.